The minimum absolute atomic E-state index is 0.787. The summed E-state index contributed by atoms with van der Waals surface area (Å²) in [6, 6.07) is 14.8. The lowest BCUT2D eigenvalue weighted by molar-refractivity contribution is 0.723. The number of benzene rings is 2. The molecule has 0 bridgehead atoms. The summed E-state index contributed by atoms with van der Waals surface area (Å²) in [6.07, 6.45) is 0. The first-order valence-corrected chi connectivity index (χ1v) is 7.73. The lowest BCUT2D eigenvalue weighted by atomic mass is 10.1. The molecule has 0 saturated heterocycles. The van der Waals surface area contributed by atoms with Crippen molar-refractivity contribution in [1.29, 1.82) is 0 Å². The number of aryl methyl sites for hydroxylation is 1. The van der Waals surface area contributed by atoms with Gasteiger partial charge in [-0.1, -0.05) is 48.4 Å². The zero-order valence-corrected chi connectivity index (χ0v) is 13.7. The molecule has 2 aromatic rings. The van der Waals surface area contributed by atoms with Gasteiger partial charge in [0, 0.05) is 30.8 Å². The number of nitrogens with zero attached hydrogens (tertiary/aromatic N) is 1. The van der Waals surface area contributed by atoms with Crippen LogP contribution in [0, 0.1) is 6.92 Å². The highest BCUT2D eigenvalue weighted by Crippen LogP contribution is 2.25. The molecule has 0 unspecified atom stereocenters. The van der Waals surface area contributed by atoms with Crippen LogP contribution in [-0.4, -0.2) is 13.6 Å². The third-order valence-corrected chi connectivity index (χ3v) is 3.79. The topological polar surface area (TPSA) is 15.3 Å². The van der Waals surface area contributed by atoms with Gasteiger partial charge in [0.15, 0.2) is 0 Å². The van der Waals surface area contributed by atoms with Crippen molar-refractivity contribution in [1.82, 2.24) is 5.32 Å². The largest absolute Gasteiger partial charge is 0.370 e. The van der Waals surface area contributed by atoms with E-state index in [1.54, 1.807) is 0 Å². The molecule has 2 nitrogen and oxygen atoms in total. The summed E-state index contributed by atoms with van der Waals surface area (Å²) in [5, 5.41) is 4.16. The maximum atomic E-state index is 6.13. The fourth-order valence-electron chi connectivity index (χ4n) is 2.38. The van der Waals surface area contributed by atoms with Gasteiger partial charge >= 0.3 is 0 Å². The quantitative estimate of drug-likeness (QED) is 0.851. The molecule has 112 valence electrons. The number of hydrogen-bond donors (Lipinski definition) is 1. The van der Waals surface area contributed by atoms with Gasteiger partial charge in [0.25, 0.3) is 0 Å². The van der Waals surface area contributed by atoms with E-state index >= 15 is 0 Å². The molecule has 21 heavy (non-hydrogen) atoms. The van der Waals surface area contributed by atoms with E-state index in [4.69, 9.17) is 11.6 Å². The van der Waals surface area contributed by atoms with Crippen LogP contribution in [-0.2, 0) is 13.1 Å². The van der Waals surface area contributed by atoms with E-state index in [-0.39, 0.29) is 0 Å². The molecule has 0 heterocycles. The highest BCUT2D eigenvalue weighted by molar-refractivity contribution is 6.30. The molecule has 2 rings (SSSR count). The molecule has 1 N–H and O–H groups in total. The number of nitrogens with one attached hydrogen (secondary N) is 1. The summed E-state index contributed by atoms with van der Waals surface area (Å²) in [5.74, 6) is 0. The highest BCUT2D eigenvalue weighted by atomic mass is 35.5. The second-order valence-corrected chi connectivity index (χ2v) is 5.83. The van der Waals surface area contributed by atoms with E-state index in [0.29, 0.717) is 0 Å². The first-order valence-electron chi connectivity index (χ1n) is 7.36. The molecule has 2 aromatic carbocycles. The van der Waals surface area contributed by atoms with Gasteiger partial charge < -0.3 is 10.2 Å². The summed E-state index contributed by atoms with van der Waals surface area (Å²) < 4.78 is 0. The van der Waals surface area contributed by atoms with Gasteiger partial charge in [-0.25, -0.2) is 0 Å². The van der Waals surface area contributed by atoms with E-state index in [2.05, 4.69) is 61.4 Å². The highest BCUT2D eigenvalue weighted by Gasteiger charge is 2.08. The van der Waals surface area contributed by atoms with Crippen molar-refractivity contribution in [2.45, 2.75) is 26.9 Å². The van der Waals surface area contributed by atoms with Crippen molar-refractivity contribution < 1.29 is 0 Å². The average molecular weight is 303 g/mol. The second-order valence-electron chi connectivity index (χ2n) is 5.40. The Morgan fingerprint density at radius 1 is 1.10 bits per heavy atom. The van der Waals surface area contributed by atoms with Crippen LogP contribution in [0.5, 0.6) is 0 Å². The lowest BCUT2D eigenvalue weighted by Gasteiger charge is -2.23. The van der Waals surface area contributed by atoms with Crippen molar-refractivity contribution in [3.8, 4) is 0 Å². The van der Waals surface area contributed by atoms with Crippen molar-refractivity contribution in [3.05, 3.63) is 64.2 Å². The summed E-state index contributed by atoms with van der Waals surface area (Å²) in [4.78, 5) is 2.27. The fourth-order valence-corrected chi connectivity index (χ4v) is 2.57. The SMILES string of the molecule is CCNCc1cc(Cl)ccc1N(C)Cc1ccc(C)cc1. The summed E-state index contributed by atoms with van der Waals surface area (Å²) >= 11 is 6.13. The number of halogens is 1. The van der Waals surface area contributed by atoms with Crippen LogP contribution in [0.4, 0.5) is 5.69 Å². The van der Waals surface area contributed by atoms with Gasteiger partial charge in [-0.3, -0.25) is 0 Å². The minimum atomic E-state index is 0.787. The Labute approximate surface area is 132 Å². The molecule has 0 aliphatic rings. The Morgan fingerprint density at radius 2 is 1.81 bits per heavy atom. The van der Waals surface area contributed by atoms with Crippen LogP contribution in [0.25, 0.3) is 0 Å². The van der Waals surface area contributed by atoms with Crippen LogP contribution in [0.2, 0.25) is 5.02 Å². The van der Waals surface area contributed by atoms with Gasteiger partial charge in [-0.2, -0.15) is 0 Å². The van der Waals surface area contributed by atoms with Crippen LogP contribution >= 0.6 is 11.6 Å². The standard InChI is InChI=1S/C18H23ClN2/c1-4-20-12-16-11-17(19)9-10-18(16)21(3)13-15-7-5-14(2)6-8-15/h5-11,20H,4,12-13H2,1-3H3. The predicted octanol–water partition coefficient (Wildman–Crippen LogP) is 4.39. The normalized spacial score (nSPS) is 10.7. The molecule has 0 aromatic heterocycles. The first-order chi connectivity index (χ1) is 10.1. The van der Waals surface area contributed by atoms with Crippen LogP contribution < -0.4 is 10.2 Å². The zero-order chi connectivity index (χ0) is 15.2. The molecule has 3 heteroatoms. The first kappa shape index (κ1) is 15.9. The predicted molar refractivity (Wildman–Crippen MR) is 92.1 cm³/mol. The Balaban J connectivity index is 2.17. The third-order valence-electron chi connectivity index (χ3n) is 3.56. The van der Waals surface area contributed by atoms with Gasteiger partial charge in [-0.05, 0) is 42.8 Å². The van der Waals surface area contributed by atoms with E-state index in [0.717, 1.165) is 24.7 Å². The van der Waals surface area contributed by atoms with E-state index in [9.17, 15) is 0 Å². The molecular weight excluding hydrogens is 280 g/mol. The van der Waals surface area contributed by atoms with Crippen LogP contribution in [0.1, 0.15) is 23.6 Å². The number of rotatable bonds is 6. The van der Waals surface area contributed by atoms with Gasteiger partial charge in [0.05, 0.1) is 0 Å². The molecule has 0 aliphatic heterocycles. The summed E-state index contributed by atoms with van der Waals surface area (Å²) in [7, 11) is 2.12. The Kier molecular flexibility index (Phi) is 5.66. The molecule has 0 fully saturated rings. The summed E-state index contributed by atoms with van der Waals surface area (Å²) in [5.41, 5.74) is 5.06. The molecular formula is C18H23ClN2. The minimum Gasteiger partial charge on any atom is -0.370 e. The van der Waals surface area contributed by atoms with E-state index < -0.39 is 0 Å². The van der Waals surface area contributed by atoms with Gasteiger partial charge in [0.2, 0.25) is 0 Å². The molecule has 0 amide bonds. The number of hydrogen-bond acceptors (Lipinski definition) is 2. The average Bonchev–Trinajstić information content (AvgIpc) is 2.47. The van der Waals surface area contributed by atoms with Crippen LogP contribution in [0.15, 0.2) is 42.5 Å². The number of anilines is 1. The lowest BCUT2D eigenvalue weighted by Crippen LogP contribution is -2.20. The smallest absolute Gasteiger partial charge is 0.0426 e. The monoisotopic (exact) mass is 302 g/mol. The maximum absolute atomic E-state index is 6.13. The maximum Gasteiger partial charge on any atom is 0.0426 e. The van der Waals surface area contributed by atoms with Crippen molar-refractivity contribution in [3.63, 3.8) is 0 Å². The van der Waals surface area contributed by atoms with Crippen molar-refractivity contribution in [2.75, 3.05) is 18.5 Å². The third kappa shape index (κ3) is 4.48. The zero-order valence-electron chi connectivity index (χ0n) is 13.0. The van der Waals surface area contributed by atoms with Gasteiger partial charge in [0.1, 0.15) is 0 Å². The van der Waals surface area contributed by atoms with Gasteiger partial charge in [-0.15, -0.1) is 0 Å². The molecule has 0 aliphatic carbocycles. The molecule has 0 saturated carbocycles. The molecule has 0 spiro atoms. The van der Waals surface area contributed by atoms with E-state index in [1.165, 1.54) is 22.4 Å². The van der Waals surface area contributed by atoms with Crippen LogP contribution in [0.3, 0.4) is 0 Å². The fraction of sp³-hybridized carbons (Fsp3) is 0.333. The summed E-state index contributed by atoms with van der Waals surface area (Å²) in [6.45, 7) is 6.90. The van der Waals surface area contributed by atoms with E-state index in [1.807, 2.05) is 12.1 Å². The van der Waals surface area contributed by atoms with Crippen molar-refractivity contribution >= 4 is 17.3 Å². The Morgan fingerprint density at radius 3 is 2.48 bits per heavy atom. The molecule has 0 atom stereocenters. The Bertz CT molecular complexity index is 578. The molecule has 0 radical (unpaired) electrons. The van der Waals surface area contributed by atoms with Crippen molar-refractivity contribution in [2.24, 2.45) is 0 Å². The second kappa shape index (κ2) is 7.48. The Hall–Kier alpha value is -1.51.